The van der Waals surface area contributed by atoms with E-state index in [1.807, 2.05) is 6.92 Å². The van der Waals surface area contributed by atoms with E-state index >= 15 is 0 Å². The number of nitrogens with one attached hydrogen (secondary N) is 1. The number of carbonyl (C=O) groups excluding carboxylic acids is 1. The summed E-state index contributed by atoms with van der Waals surface area (Å²) >= 11 is 0. The Hall–Kier alpha value is -3.10. The lowest BCUT2D eigenvalue weighted by Crippen LogP contribution is -2.17. The molecule has 0 saturated carbocycles. The first-order valence-corrected chi connectivity index (χ1v) is 9.15. The first-order chi connectivity index (χ1) is 13.6. The lowest BCUT2D eigenvalue weighted by atomic mass is 10.00. The number of benzene rings is 1. The molecule has 1 atom stereocenters. The third kappa shape index (κ3) is 3.52. The van der Waals surface area contributed by atoms with Gasteiger partial charge >= 0.3 is 6.18 Å². The molecule has 1 amide bonds. The fourth-order valence-corrected chi connectivity index (χ4v) is 3.76. The number of amides is 1. The van der Waals surface area contributed by atoms with E-state index in [1.165, 1.54) is 6.92 Å². The van der Waals surface area contributed by atoms with Crippen LogP contribution in [0.4, 0.5) is 13.2 Å². The Labute approximate surface area is 164 Å². The Morgan fingerprint density at radius 3 is 2.66 bits per heavy atom. The van der Waals surface area contributed by atoms with Gasteiger partial charge in [-0.15, -0.1) is 0 Å². The molecule has 152 valence electrons. The van der Waals surface area contributed by atoms with E-state index in [9.17, 15) is 23.1 Å². The van der Waals surface area contributed by atoms with E-state index in [2.05, 4.69) is 15.4 Å². The molecule has 9 heteroatoms. The second-order valence-corrected chi connectivity index (χ2v) is 7.39. The van der Waals surface area contributed by atoms with Gasteiger partial charge in [-0.25, -0.2) is 4.98 Å². The maximum atomic E-state index is 13.0. The van der Waals surface area contributed by atoms with Gasteiger partial charge in [-0.05, 0) is 43.7 Å². The summed E-state index contributed by atoms with van der Waals surface area (Å²) in [6.45, 7) is 4.58. The minimum Gasteiger partial charge on any atom is -0.507 e. The number of hydrogen-bond acceptors (Lipinski definition) is 4. The van der Waals surface area contributed by atoms with Gasteiger partial charge in [0.05, 0.1) is 11.3 Å². The summed E-state index contributed by atoms with van der Waals surface area (Å²) in [5, 5.41) is 18.4. The molecule has 0 aliphatic carbocycles. The summed E-state index contributed by atoms with van der Waals surface area (Å²) in [6, 6.07) is 5.17. The predicted octanol–water partition coefficient (Wildman–Crippen LogP) is 3.58. The molecule has 1 aliphatic heterocycles. The van der Waals surface area contributed by atoms with Crippen molar-refractivity contribution in [1.29, 1.82) is 0 Å². The van der Waals surface area contributed by atoms with E-state index < -0.39 is 17.5 Å². The van der Waals surface area contributed by atoms with Crippen LogP contribution in [0.2, 0.25) is 0 Å². The van der Waals surface area contributed by atoms with Crippen molar-refractivity contribution in [2.24, 2.45) is 5.92 Å². The van der Waals surface area contributed by atoms with Crippen LogP contribution in [-0.2, 0) is 17.5 Å². The third-order valence-corrected chi connectivity index (χ3v) is 5.26. The molecule has 2 N–H and O–H groups in total. The number of phenols is 1. The highest BCUT2D eigenvalue weighted by atomic mass is 19.4. The zero-order valence-electron chi connectivity index (χ0n) is 15.8. The minimum atomic E-state index is -4.54. The van der Waals surface area contributed by atoms with Crippen LogP contribution in [0.3, 0.4) is 0 Å². The predicted molar refractivity (Wildman–Crippen MR) is 100 cm³/mol. The van der Waals surface area contributed by atoms with E-state index in [1.54, 1.807) is 16.8 Å². The molecule has 1 fully saturated rings. The molecule has 0 unspecified atom stereocenters. The average molecular weight is 404 g/mol. The SMILES string of the molecule is Cc1cc(C(F)(F)F)cc(O)c1-c1ccc2c(C)n(C[C@H]3CNC(=O)C3)nc2n1. The van der Waals surface area contributed by atoms with Crippen molar-refractivity contribution in [3.63, 3.8) is 0 Å². The minimum absolute atomic E-state index is 0.0260. The van der Waals surface area contributed by atoms with Crippen LogP contribution in [0.5, 0.6) is 5.75 Å². The number of alkyl halides is 3. The van der Waals surface area contributed by atoms with Crippen molar-refractivity contribution in [3.8, 4) is 17.0 Å². The highest BCUT2D eigenvalue weighted by Crippen LogP contribution is 2.38. The smallest absolute Gasteiger partial charge is 0.416 e. The number of fused-ring (bicyclic) bond motifs is 1. The number of aromatic hydroxyl groups is 1. The highest BCUT2D eigenvalue weighted by molar-refractivity contribution is 5.83. The topological polar surface area (TPSA) is 80.0 Å². The van der Waals surface area contributed by atoms with Gasteiger partial charge in [-0.3, -0.25) is 9.48 Å². The molecular weight excluding hydrogens is 385 g/mol. The Morgan fingerprint density at radius 2 is 2.03 bits per heavy atom. The molecular formula is C20H19F3N4O2. The van der Waals surface area contributed by atoms with Crippen LogP contribution in [0.25, 0.3) is 22.3 Å². The van der Waals surface area contributed by atoms with Gasteiger partial charge in [-0.2, -0.15) is 18.3 Å². The number of phenolic OH excluding ortho intramolecular Hbond substituents is 1. The maximum Gasteiger partial charge on any atom is 0.416 e. The number of nitrogens with zero attached hydrogens (tertiary/aromatic N) is 3. The molecule has 3 aromatic rings. The fraction of sp³-hybridized carbons (Fsp3) is 0.350. The van der Waals surface area contributed by atoms with Gasteiger partial charge in [0.1, 0.15) is 5.75 Å². The molecule has 6 nitrogen and oxygen atoms in total. The Bertz CT molecular complexity index is 1100. The molecule has 3 heterocycles. The van der Waals surface area contributed by atoms with E-state index in [0.29, 0.717) is 36.9 Å². The molecule has 2 aromatic heterocycles. The third-order valence-electron chi connectivity index (χ3n) is 5.26. The first kappa shape index (κ1) is 19.2. The number of aryl methyl sites for hydroxylation is 2. The van der Waals surface area contributed by atoms with Crippen molar-refractivity contribution in [2.45, 2.75) is 33.0 Å². The van der Waals surface area contributed by atoms with Crippen molar-refractivity contribution in [2.75, 3.05) is 6.54 Å². The first-order valence-electron chi connectivity index (χ1n) is 9.15. The second-order valence-electron chi connectivity index (χ2n) is 7.39. The van der Waals surface area contributed by atoms with Crippen LogP contribution >= 0.6 is 0 Å². The number of aromatic nitrogens is 3. The summed E-state index contributed by atoms with van der Waals surface area (Å²) in [6.07, 6.45) is -4.09. The van der Waals surface area contributed by atoms with Crippen molar-refractivity contribution >= 4 is 16.9 Å². The maximum absolute atomic E-state index is 13.0. The summed E-state index contributed by atoms with van der Waals surface area (Å²) in [4.78, 5) is 15.9. The van der Waals surface area contributed by atoms with Crippen LogP contribution in [0.1, 0.15) is 23.2 Å². The summed E-state index contributed by atoms with van der Waals surface area (Å²) < 4.78 is 40.7. The molecule has 1 aliphatic rings. The van der Waals surface area contributed by atoms with Crippen LogP contribution < -0.4 is 5.32 Å². The largest absolute Gasteiger partial charge is 0.507 e. The highest BCUT2D eigenvalue weighted by Gasteiger charge is 2.32. The van der Waals surface area contributed by atoms with E-state index in [4.69, 9.17) is 0 Å². The lowest BCUT2D eigenvalue weighted by molar-refractivity contribution is -0.137. The average Bonchev–Trinajstić information content (AvgIpc) is 3.17. The number of pyridine rings is 1. The van der Waals surface area contributed by atoms with Gasteiger partial charge in [0.25, 0.3) is 0 Å². The van der Waals surface area contributed by atoms with Crippen LogP contribution in [0.15, 0.2) is 24.3 Å². The fourth-order valence-electron chi connectivity index (χ4n) is 3.76. The van der Waals surface area contributed by atoms with Crippen molar-refractivity contribution < 1.29 is 23.1 Å². The summed E-state index contributed by atoms with van der Waals surface area (Å²) in [7, 11) is 0. The molecule has 29 heavy (non-hydrogen) atoms. The normalized spacial score (nSPS) is 17.1. The number of rotatable bonds is 3. The standard InChI is InChI=1S/C20H19F3N4O2/c1-10-5-13(20(21,22)23)7-16(28)18(10)15-4-3-14-11(2)27(26-19(14)25-15)9-12-6-17(29)24-8-12/h3-5,7,12,28H,6,8-9H2,1-2H3,(H,24,29)/t12-/m1/s1. The molecule has 0 spiro atoms. The van der Waals surface area contributed by atoms with E-state index in [-0.39, 0.29) is 23.0 Å². The Kier molecular flexibility index (Phi) is 4.48. The molecule has 1 saturated heterocycles. The zero-order valence-corrected chi connectivity index (χ0v) is 15.8. The van der Waals surface area contributed by atoms with Gasteiger partial charge in [0.2, 0.25) is 5.91 Å². The monoisotopic (exact) mass is 404 g/mol. The van der Waals surface area contributed by atoms with Crippen molar-refractivity contribution in [1.82, 2.24) is 20.1 Å². The Morgan fingerprint density at radius 1 is 1.28 bits per heavy atom. The van der Waals surface area contributed by atoms with Gasteiger partial charge in [0, 0.05) is 42.1 Å². The quantitative estimate of drug-likeness (QED) is 0.699. The molecule has 1 aromatic carbocycles. The Balaban J connectivity index is 1.72. The summed E-state index contributed by atoms with van der Waals surface area (Å²) in [5.41, 5.74) is 1.30. The van der Waals surface area contributed by atoms with E-state index in [0.717, 1.165) is 17.1 Å². The van der Waals surface area contributed by atoms with Gasteiger partial charge in [0.15, 0.2) is 5.65 Å². The number of halogens is 3. The van der Waals surface area contributed by atoms with Gasteiger partial charge < -0.3 is 10.4 Å². The summed E-state index contributed by atoms with van der Waals surface area (Å²) in [5.74, 6) is -0.301. The van der Waals surface area contributed by atoms with Crippen molar-refractivity contribution in [3.05, 3.63) is 41.1 Å². The lowest BCUT2D eigenvalue weighted by Gasteiger charge is -2.13. The zero-order chi connectivity index (χ0) is 20.9. The number of hydrogen-bond donors (Lipinski definition) is 2. The van der Waals surface area contributed by atoms with Gasteiger partial charge in [-0.1, -0.05) is 0 Å². The second kappa shape index (κ2) is 6.75. The molecule has 0 bridgehead atoms. The number of carbonyl (C=O) groups is 1. The molecule has 4 rings (SSSR count). The molecule has 0 radical (unpaired) electrons. The van der Waals surface area contributed by atoms with Crippen LogP contribution in [-0.4, -0.2) is 32.3 Å². The van der Waals surface area contributed by atoms with Crippen LogP contribution in [0, 0.1) is 19.8 Å².